The van der Waals surface area contributed by atoms with Gasteiger partial charge in [0.25, 0.3) is 5.69 Å². The van der Waals surface area contributed by atoms with Gasteiger partial charge in [-0.3, -0.25) is 5.10 Å². The Bertz CT molecular complexity index is 1440. The Morgan fingerprint density at radius 2 is 1.87 bits per heavy atom. The van der Waals surface area contributed by atoms with E-state index < -0.39 is 5.60 Å². The molecule has 3 saturated heterocycles. The van der Waals surface area contributed by atoms with Crippen LogP contribution in [-0.4, -0.2) is 76.0 Å². The molecule has 0 bridgehead atoms. The van der Waals surface area contributed by atoms with Gasteiger partial charge >= 0.3 is 6.09 Å². The summed E-state index contributed by atoms with van der Waals surface area (Å²) in [7, 11) is 0. The molecule has 0 saturated carbocycles. The first-order valence-electron chi connectivity index (χ1n) is 13.4. The van der Waals surface area contributed by atoms with E-state index in [1.165, 1.54) is 0 Å². The third-order valence-electron chi connectivity index (χ3n) is 7.87. The van der Waals surface area contributed by atoms with Crippen molar-refractivity contribution in [1.82, 2.24) is 25.1 Å². The molecule has 3 aliphatic rings. The van der Waals surface area contributed by atoms with E-state index in [-0.39, 0.29) is 11.5 Å². The van der Waals surface area contributed by atoms with Crippen molar-refractivity contribution in [3.63, 3.8) is 0 Å². The van der Waals surface area contributed by atoms with Crippen molar-refractivity contribution >= 4 is 34.4 Å². The second-order valence-corrected chi connectivity index (χ2v) is 11.9. The van der Waals surface area contributed by atoms with E-state index >= 15 is 0 Å². The molecule has 0 radical (unpaired) electrons. The number of nitrogens with zero attached hydrogens (tertiary/aromatic N) is 7. The number of ether oxygens (including phenoxy) is 1. The first-order chi connectivity index (χ1) is 18.2. The number of aromatic nitrogens is 4. The molecule has 2 aromatic heterocycles. The third-order valence-corrected chi connectivity index (χ3v) is 7.87. The molecule has 6 rings (SSSR count). The second-order valence-electron chi connectivity index (χ2n) is 11.9. The Labute approximate surface area is 222 Å². The number of anilines is 2. The first-order valence-corrected chi connectivity index (χ1v) is 13.4. The van der Waals surface area contributed by atoms with Gasteiger partial charge in [-0.25, -0.2) is 19.6 Å². The Balaban J connectivity index is 1.37. The van der Waals surface area contributed by atoms with E-state index in [4.69, 9.17) is 21.3 Å². The molecule has 1 N–H and O–H groups in total. The van der Waals surface area contributed by atoms with E-state index in [9.17, 15) is 4.79 Å². The normalized spacial score (nSPS) is 18.8. The molecule has 0 atom stereocenters. The number of aryl methyl sites for hydroxylation is 1. The number of H-pyrrole nitrogens is 1. The Morgan fingerprint density at radius 1 is 1.11 bits per heavy atom. The fourth-order valence-electron chi connectivity index (χ4n) is 6.02. The predicted octanol–water partition coefficient (Wildman–Crippen LogP) is 4.93. The zero-order chi connectivity index (χ0) is 26.7. The summed E-state index contributed by atoms with van der Waals surface area (Å²) in [4.78, 5) is 32.9. The number of fused-ring (bicyclic) bond motifs is 1. The van der Waals surface area contributed by atoms with E-state index in [0.717, 1.165) is 67.5 Å². The van der Waals surface area contributed by atoms with Crippen LogP contribution in [0.15, 0.2) is 18.3 Å². The maximum absolute atomic E-state index is 12.6. The SMILES string of the molecule is [C-]#[N+]c1c(-c2c(C)ccc3[nH]ncc23)nc(N2CCCC2)nc1N1CCC2(CN(C(=O)OC(C)(C)C)C2)C1. The minimum absolute atomic E-state index is 0.00435. The molecule has 10 heteroatoms. The average Bonchev–Trinajstić information content (AvgIpc) is 3.62. The standard InChI is InChI=1S/C28H34N8O2/c1-18-8-9-20-19(14-30-33-20)21(18)22-23(29-5)24(32-25(31-22)34-11-6-7-12-34)35-13-10-28(15-35)16-36(17-28)26(37)38-27(2,3)4/h8-9,14H,6-7,10-13,15-17H2,1-4H3,(H,30,33). The molecule has 1 aromatic carbocycles. The molecule has 1 amide bonds. The smallest absolute Gasteiger partial charge is 0.410 e. The van der Waals surface area contributed by atoms with Gasteiger partial charge in [0.15, 0.2) is 0 Å². The van der Waals surface area contributed by atoms with Crippen molar-refractivity contribution in [1.29, 1.82) is 0 Å². The van der Waals surface area contributed by atoms with Gasteiger partial charge < -0.3 is 19.4 Å². The quantitative estimate of drug-likeness (QED) is 0.496. The number of amides is 1. The molecule has 0 unspecified atom stereocenters. The Morgan fingerprint density at radius 3 is 2.58 bits per heavy atom. The van der Waals surface area contributed by atoms with E-state index in [2.05, 4.69) is 31.8 Å². The highest BCUT2D eigenvalue weighted by molar-refractivity contribution is 6.00. The number of carbonyl (C=O) groups excluding carboxylic acids is 1. The van der Waals surface area contributed by atoms with Crippen LogP contribution in [0, 0.1) is 18.9 Å². The zero-order valence-corrected chi connectivity index (χ0v) is 22.5. The first kappa shape index (κ1) is 24.5. The van der Waals surface area contributed by atoms with Crippen LogP contribution >= 0.6 is 0 Å². The lowest BCUT2D eigenvalue weighted by molar-refractivity contribution is -0.0266. The molecule has 198 valence electrons. The van der Waals surface area contributed by atoms with Gasteiger partial charge in [0.2, 0.25) is 5.95 Å². The summed E-state index contributed by atoms with van der Waals surface area (Å²) in [6.45, 7) is 20.6. The molecule has 5 heterocycles. The highest BCUT2D eigenvalue weighted by atomic mass is 16.6. The van der Waals surface area contributed by atoms with Crippen LogP contribution < -0.4 is 9.80 Å². The molecule has 3 aliphatic heterocycles. The summed E-state index contributed by atoms with van der Waals surface area (Å²) in [5, 5.41) is 8.26. The van der Waals surface area contributed by atoms with Crippen LogP contribution in [0.2, 0.25) is 0 Å². The maximum Gasteiger partial charge on any atom is 0.410 e. The number of nitrogens with one attached hydrogen (secondary N) is 1. The number of aromatic amines is 1. The van der Waals surface area contributed by atoms with E-state index in [1.807, 2.05) is 39.1 Å². The van der Waals surface area contributed by atoms with Gasteiger partial charge in [0.1, 0.15) is 11.4 Å². The highest BCUT2D eigenvalue weighted by Gasteiger charge is 2.51. The minimum Gasteiger partial charge on any atom is -0.444 e. The summed E-state index contributed by atoms with van der Waals surface area (Å²) in [5.41, 5.74) is 3.53. The van der Waals surface area contributed by atoms with E-state index in [0.29, 0.717) is 36.2 Å². The van der Waals surface area contributed by atoms with Crippen LogP contribution in [-0.2, 0) is 4.74 Å². The monoisotopic (exact) mass is 514 g/mol. The largest absolute Gasteiger partial charge is 0.444 e. The van der Waals surface area contributed by atoms with Crippen molar-refractivity contribution in [2.24, 2.45) is 5.41 Å². The summed E-state index contributed by atoms with van der Waals surface area (Å²) >= 11 is 0. The minimum atomic E-state index is -0.509. The fraction of sp³-hybridized carbons (Fsp3) is 0.536. The fourth-order valence-corrected chi connectivity index (χ4v) is 6.02. The van der Waals surface area contributed by atoms with Crippen LogP contribution in [0.25, 0.3) is 27.0 Å². The molecule has 10 nitrogen and oxygen atoms in total. The van der Waals surface area contributed by atoms with Crippen LogP contribution in [0.3, 0.4) is 0 Å². The molecule has 0 aliphatic carbocycles. The lowest BCUT2D eigenvalue weighted by Crippen LogP contribution is -2.60. The number of hydrogen-bond acceptors (Lipinski definition) is 7. The second kappa shape index (κ2) is 8.86. The van der Waals surface area contributed by atoms with Crippen molar-refractivity contribution in [3.05, 3.63) is 35.3 Å². The van der Waals surface area contributed by atoms with E-state index in [1.54, 1.807) is 4.90 Å². The highest BCUT2D eigenvalue weighted by Crippen LogP contribution is 2.47. The van der Waals surface area contributed by atoms with Gasteiger partial charge in [-0.2, -0.15) is 5.10 Å². The summed E-state index contributed by atoms with van der Waals surface area (Å²) in [6.07, 6.45) is 4.73. The number of carbonyl (C=O) groups is 1. The third kappa shape index (κ3) is 4.20. The lowest BCUT2D eigenvalue weighted by atomic mass is 9.79. The molecule has 38 heavy (non-hydrogen) atoms. The topological polar surface area (TPSA) is 94.8 Å². The van der Waals surface area contributed by atoms with Gasteiger partial charge in [-0.15, -0.1) is 0 Å². The summed E-state index contributed by atoms with van der Waals surface area (Å²) in [5.74, 6) is 1.38. The van der Waals surface area contributed by atoms with Crippen LogP contribution in [0.1, 0.15) is 45.6 Å². The Kier molecular flexibility index (Phi) is 5.70. The zero-order valence-electron chi connectivity index (χ0n) is 22.5. The van der Waals surface area contributed by atoms with Crippen LogP contribution in [0.5, 0.6) is 0 Å². The molecule has 3 aromatic rings. The van der Waals surface area contributed by atoms with Gasteiger partial charge in [0.05, 0.1) is 24.0 Å². The summed E-state index contributed by atoms with van der Waals surface area (Å²) < 4.78 is 5.57. The Hall–Kier alpha value is -3.87. The molecular formula is C28H34N8O2. The van der Waals surface area contributed by atoms with Crippen molar-refractivity contribution in [3.8, 4) is 11.3 Å². The molecular weight excluding hydrogens is 480 g/mol. The van der Waals surface area contributed by atoms with Crippen LogP contribution in [0.4, 0.5) is 22.2 Å². The van der Waals surface area contributed by atoms with Crippen molar-refractivity contribution < 1.29 is 9.53 Å². The predicted molar refractivity (Wildman–Crippen MR) is 147 cm³/mol. The number of benzene rings is 1. The number of likely N-dealkylation sites (tertiary alicyclic amines) is 1. The van der Waals surface area contributed by atoms with Gasteiger partial charge in [-0.1, -0.05) is 6.07 Å². The van der Waals surface area contributed by atoms with Crippen molar-refractivity contribution in [2.45, 2.75) is 52.6 Å². The number of rotatable bonds is 3. The van der Waals surface area contributed by atoms with Gasteiger partial charge in [-0.05, 0) is 58.6 Å². The maximum atomic E-state index is 12.6. The number of hydrogen-bond donors (Lipinski definition) is 1. The summed E-state index contributed by atoms with van der Waals surface area (Å²) in [6, 6.07) is 4.06. The average molecular weight is 515 g/mol. The van der Waals surface area contributed by atoms with Gasteiger partial charge in [0, 0.05) is 55.6 Å². The molecule has 3 fully saturated rings. The van der Waals surface area contributed by atoms with Crippen molar-refractivity contribution in [2.75, 3.05) is 49.1 Å². The lowest BCUT2D eigenvalue weighted by Gasteiger charge is -2.47. The molecule has 1 spiro atoms.